The highest BCUT2D eigenvalue weighted by Crippen LogP contribution is 2.03. The number of piperazine rings is 1. The molecule has 0 amide bonds. The summed E-state index contributed by atoms with van der Waals surface area (Å²) >= 11 is 0. The third-order valence-electron chi connectivity index (χ3n) is 2.52. The van der Waals surface area contributed by atoms with Crippen LogP contribution in [-0.4, -0.2) is 53.3 Å². The molecular formula is C9H20N2OS. The van der Waals surface area contributed by atoms with Crippen molar-refractivity contribution in [3.05, 3.63) is 0 Å². The molecule has 1 rings (SSSR count). The molecule has 78 valence electrons. The summed E-state index contributed by atoms with van der Waals surface area (Å²) in [6, 6.07) is 0.638. The van der Waals surface area contributed by atoms with Gasteiger partial charge in [0.1, 0.15) is 0 Å². The Hall–Kier alpha value is 0.0700. The summed E-state index contributed by atoms with van der Waals surface area (Å²) < 4.78 is 10.8. The summed E-state index contributed by atoms with van der Waals surface area (Å²) in [6.07, 6.45) is 2.84. The molecule has 13 heavy (non-hydrogen) atoms. The molecule has 0 aliphatic carbocycles. The van der Waals surface area contributed by atoms with Crippen molar-refractivity contribution < 1.29 is 4.21 Å². The Bertz CT molecular complexity index is 175. The second-order valence-electron chi connectivity index (χ2n) is 3.72. The fraction of sp³-hybridized carbons (Fsp3) is 1.00. The minimum atomic E-state index is -0.623. The van der Waals surface area contributed by atoms with Gasteiger partial charge in [-0.3, -0.25) is 9.11 Å². The molecule has 1 fully saturated rings. The third kappa shape index (κ3) is 4.20. The number of nitrogens with one attached hydrogen (secondary N) is 1. The maximum atomic E-state index is 10.8. The smallest absolute Gasteiger partial charge is 0.0244 e. The summed E-state index contributed by atoms with van der Waals surface area (Å²) in [4.78, 5) is 2.48. The maximum Gasteiger partial charge on any atom is 0.0244 e. The van der Waals surface area contributed by atoms with Crippen LogP contribution in [0, 0.1) is 0 Å². The van der Waals surface area contributed by atoms with Gasteiger partial charge in [0.15, 0.2) is 0 Å². The van der Waals surface area contributed by atoms with Crippen LogP contribution in [0.1, 0.15) is 13.3 Å². The molecule has 0 aromatic carbocycles. The maximum absolute atomic E-state index is 10.8. The van der Waals surface area contributed by atoms with Crippen LogP contribution in [-0.2, 0) is 10.8 Å². The van der Waals surface area contributed by atoms with Crippen molar-refractivity contribution in [2.24, 2.45) is 0 Å². The van der Waals surface area contributed by atoms with Gasteiger partial charge in [-0.15, -0.1) is 0 Å². The summed E-state index contributed by atoms with van der Waals surface area (Å²) in [7, 11) is -0.623. The summed E-state index contributed by atoms with van der Waals surface area (Å²) in [5.41, 5.74) is 0. The summed E-state index contributed by atoms with van der Waals surface area (Å²) in [5, 5.41) is 3.36. The van der Waals surface area contributed by atoms with Gasteiger partial charge in [0.25, 0.3) is 0 Å². The first-order valence-corrected chi connectivity index (χ1v) is 6.67. The van der Waals surface area contributed by atoms with E-state index in [0.717, 1.165) is 38.4 Å². The van der Waals surface area contributed by atoms with Crippen LogP contribution in [0.4, 0.5) is 0 Å². The predicted molar refractivity (Wildman–Crippen MR) is 57.5 cm³/mol. The largest absolute Gasteiger partial charge is 0.314 e. The molecule has 0 saturated carbocycles. The zero-order valence-corrected chi connectivity index (χ0v) is 9.40. The highest BCUT2D eigenvalue weighted by molar-refractivity contribution is 7.84. The zero-order valence-electron chi connectivity index (χ0n) is 8.58. The van der Waals surface area contributed by atoms with Gasteiger partial charge in [-0.05, 0) is 19.9 Å². The van der Waals surface area contributed by atoms with Crippen molar-refractivity contribution in [3.8, 4) is 0 Å². The Morgan fingerprint density at radius 3 is 3.00 bits per heavy atom. The number of hydrogen-bond donors (Lipinski definition) is 1. The van der Waals surface area contributed by atoms with Gasteiger partial charge in [-0.1, -0.05) is 0 Å². The van der Waals surface area contributed by atoms with Crippen LogP contribution >= 0.6 is 0 Å². The second-order valence-corrected chi connectivity index (χ2v) is 5.27. The van der Waals surface area contributed by atoms with Crippen molar-refractivity contribution in [1.29, 1.82) is 0 Å². The number of nitrogens with zero attached hydrogens (tertiary/aromatic N) is 1. The quantitative estimate of drug-likeness (QED) is 0.702. The molecule has 2 unspecified atom stereocenters. The van der Waals surface area contributed by atoms with E-state index in [4.69, 9.17) is 0 Å². The van der Waals surface area contributed by atoms with E-state index in [9.17, 15) is 4.21 Å². The Labute approximate surface area is 83.3 Å². The van der Waals surface area contributed by atoms with E-state index in [1.807, 2.05) is 0 Å². The van der Waals surface area contributed by atoms with Gasteiger partial charge in [-0.25, -0.2) is 0 Å². The lowest BCUT2D eigenvalue weighted by molar-refractivity contribution is 0.174. The molecule has 0 spiro atoms. The van der Waals surface area contributed by atoms with Gasteiger partial charge in [0, 0.05) is 48.5 Å². The zero-order chi connectivity index (χ0) is 9.68. The van der Waals surface area contributed by atoms with Gasteiger partial charge >= 0.3 is 0 Å². The molecule has 1 N–H and O–H groups in total. The minimum absolute atomic E-state index is 0.623. The lowest BCUT2D eigenvalue weighted by Gasteiger charge is -2.33. The average molecular weight is 204 g/mol. The van der Waals surface area contributed by atoms with Crippen LogP contribution in [0.2, 0.25) is 0 Å². The molecule has 4 heteroatoms. The molecule has 2 atom stereocenters. The van der Waals surface area contributed by atoms with Crippen molar-refractivity contribution in [2.45, 2.75) is 19.4 Å². The molecular weight excluding hydrogens is 184 g/mol. The Kier molecular flexibility index (Phi) is 4.91. The van der Waals surface area contributed by atoms with E-state index in [1.165, 1.54) is 0 Å². The van der Waals surface area contributed by atoms with Crippen molar-refractivity contribution in [2.75, 3.05) is 38.2 Å². The molecule has 3 nitrogen and oxygen atoms in total. The van der Waals surface area contributed by atoms with Crippen LogP contribution in [0.15, 0.2) is 0 Å². The second kappa shape index (κ2) is 5.73. The lowest BCUT2D eigenvalue weighted by Crippen LogP contribution is -2.50. The highest BCUT2D eigenvalue weighted by Gasteiger charge is 2.16. The predicted octanol–water partition coefficient (Wildman–Crippen LogP) is 0.0487. The summed E-state index contributed by atoms with van der Waals surface area (Å²) in [6.45, 7) is 6.67. The average Bonchev–Trinajstić information content (AvgIpc) is 2.08. The van der Waals surface area contributed by atoms with Crippen molar-refractivity contribution in [3.63, 3.8) is 0 Å². The number of hydrogen-bond acceptors (Lipinski definition) is 3. The first-order valence-electron chi connectivity index (χ1n) is 4.95. The van der Waals surface area contributed by atoms with E-state index >= 15 is 0 Å². The molecule has 1 aliphatic heterocycles. The van der Waals surface area contributed by atoms with E-state index < -0.39 is 10.8 Å². The number of rotatable bonds is 4. The van der Waals surface area contributed by atoms with Crippen molar-refractivity contribution >= 4 is 10.8 Å². The van der Waals surface area contributed by atoms with Gasteiger partial charge in [0.2, 0.25) is 0 Å². The van der Waals surface area contributed by atoms with Crippen LogP contribution in [0.3, 0.4) is 0 Å². The lowest BCUT2D eigenvalue weighted by atomic mass is 10.2. The standard InChI is InChI=1S/C9H20N2OS/c1-9-8-10-4-6-11(9)5-3-7-13(2)12/h9-10H,3-8H2,1-2H3. The Balaban J connectivity index is 2.15. The highest BCUT2D eigenvalue weighted by atomic mass is 32.2. The van der Waals surface area contributed by atoms with Gasteiger partial charge < -0.3 is 5.32 Å². The first-order chi connectivity index (χ1) is 6.20. The topological polar surface area (TPSA) is 32.3 Å². The molecule has 0 aromatic rings. The van der Waals surface area contributed by atoms with E-state index in [1.54, 1.807) is 6.26 Å². The van der Waals surface area contributed by atoms with E-state index in [-0.39, 0.29) is 0 Å². The fourth-order valence-corrected chi connectivity index (χ4v) is 2.22. The van der Waals surface area contributed by atoms with Gasteiger partial charge in [-0.2, -0.15) is 0 Å². The summed E-state index contributed by atoms with van der Waals surface area (Å²) in [5.74, 6) is 0.844. The Morgan fingerprint density at radius 2 is 2.38 bits per heavy atom. The molecule has 0 aromatic heterocycles. The minimum Gasteiger partial charge on any atom is -0.314 e. The fourth-order valence-electron chi connectivity index (χ4n) is 1.69. The third-order valence-corrected chi connectivity index (χ3v) is 3.38. The molecule has 0 radical (unpaired) electrons. The normalized spacial score (nSPS) is 27.4. The molecule has 1 heterocycles. The van der Waals surface area contributed by atoms with Crippen LogP contribution in [0.25, 0.3) is 0 Å². The van der Waals surface area contributed by atoms with E-state index in [0.29, 0.717) is 6.04 Å². The Morgan fingerprint density at radius 1 is 1.62 bits per heavy atom. The SMILES string of the molecule is CC1CNCCN1CCCS(C)=O. The van der Waals surface area contributed by atoms with Gasteiger partial charge in [0.05, 0.1) is 0 Å². The van der Waals surface area contributed by atoms with Crippen molar-refractivity contribution in [1.82, 2.24) is 10.2 Å². The monoisotopic (exact) mass is 204 g/mol. The molecule has 1 saturated heterocycles. The molecule has 1 aliphatic rings. The van der Waals surface area contributed by atoms with Crippen LogP contribution in [0.5, 0.6) is 0 Å². The van der Waals surface area contributed by atoms with E-state index in [2.05, 4.69) is 17.1 Å². The molecule has 0 bridgehead atoms. The van der Waals surface area contributed by atoms with Crippen LogP contribution < -0.4 is 5.32 Å². The first kappa shape index (κ1) is 11.1.